The van der Waals surface area contributed by atoms with Gasteiger partial charge in [0.25, 0.3) is 0 Å². The Kier molecular flexibility index (Phi) is 5.72. The van der Waals surface area contributed by atoms with Crippen LogP contribution in [0, 0.1) is 0 Å². The van der Waals surface area contributed by atoms with Crippen molar-refractivity contribution >= 4 is 11.9 Å². The third kappa shape index (κ3) is 4.90. The molecule has 1 amide bonds. The van der Waals surface area contributed by atoms with Crippen LogP contribution in [0.1, 0.15) is 26.2 Å². The zero-order valence-electron chi connectivity index (χ0n) is 10.7. The van der Waals surface area contributed by atoms with Crippen molar-refractivity contribution in [1.82, 2.24) is 14.9 Å². The number of unbranched alkanes of at least 4 members (excludes halogenated alkanes) is 1. The molecule has 0 fully saturated rings. The van der Waals surface area contributed by atoms with Gasteiger partial charge in [-0.25, -0.2) is 14.6 Å². The van der Waals surface area contributed by atoms with E-state index in [2.05, 4.69) is 10.3 Å². The maximum atomic E-state index is 11.7. The summed E-state index contributed by atoms with van der Waals surface area (Å²) in [7, 11) is 0. The molecule has 0 radical (unpaired) electrons. The quantitative estimate of drug-likeness (QED) is 0.724. The SMILES string of the molecule is CCCCC(NC(=O)Cn1cccnc1=O)C(=O)O. The molecule has 0 spiro atoms. The van der Waals surface area contributed by atoms with E-state index in [0.717, 1.165) is 11.0 Å². The zero-order chi connectivity index (χ0) is 14.3. The minimum Gasteiger partial charge on any atom is -0.480 e. The molecule has 0 aliphatic rings. The van der Waals surface area contributed by atoms with Crippen LogP contribution < -0.4 is 11.0 Å². The Bertz CT molecular complexity index is 498. The number of aliphatic carboxylic acids is 1. The van der Waals surface area contributed by atoms with Crippen molar-refractivity contribution < 1.29 is 14.7 Å². The average Bonchev–Trinajstić information content (AvgIpc) is 2.37. The first-order chi connectivity index (χ1) is 9.04. The molecule has 0 saturated heterocycles. The third-order valence-electron chi connectivity index (χ3n) is 2.58. The zero-order valence-corrected chi connectivity index (χ0v) is 10.7. The van der Waals surface area contributed by atoms with Crippen molar-refractivity contribution in [2.45, 2.75) is 38.8 Å². The number of amides is 1. The predicted octanol–water partition coefficient (Wildman–Crippen LogP) is 0.00290. The van der Waals surface area contributed by atoms with Crippen LogP contribution in [-0.4, -0.2) is 32.6 Å². The standard InChI is InChI=1S/C12H17N3O4/c1-2-3-5-9(11(17)18)14-10(16)8-15-7-4-6-13-12(15)19/h4,6-7,9H,2-3,5,8H2,1H3,(H,14,16)(H,17,18). The summed E-state index contributed by atoms with van der Waals surface area (Å²) in [6, 6.07) is 0.611. The molecule has 0 aromatic carbocycles. The summed E-state index contributed by atoms with van der Waals surface area (Å²) in [5.74, 6) is -1.58. The molecule has 0 aliphatic heterocycles. The lowest BCUT2D eigenvalue weighted by atomic mass is 10.1. The first-order valence-electron chi connectivity index (χ1n) is 6.08. The predicted molar refractivity (Wildman–Crippen MR) is 67.6 cm³/mol. The summed E-state index contributed by atoms with van der Waals surface area (Å²) >= 11 is 0. The van der Waals surface area contributed by atoms with Crippen LogP contribution in [0.15, 0.2) is 23.3 Å². The number of carboxylic acids is 1. The van der Waals surface area contributed by atoms with E-state index in [1.165, 1.54) is 18.5 Å². The van der Waals surface area contributed by atoms with Crippen LogP contribution in [0.3, 0.4) is 0 Å². The molecule has 2 N–H and O–H groups in total. The van der Waals surface area contributed by atoms with Gasteiger partial charge < -0.3 is 10.4 Å². The molecular weight excluding hydrogens is 250 g/mol. The minimum atomic E-state index is -1.07. The number of hydrogen-bond donors (Lipinski definition) is 2. The molecule has 1 rings (SSSR count). The van der Waals surface area contributed by atoms with E-state index in [1.807, 2.05) is 6.92 Å². The van der Waals surface area contributed by atoms with Crippen molar-refractivity contribution in [2.75, 3.05) is 0 Å². The average molecular weight is 267 g/mol. The molecule has 7 heteroatoms. The molecule has 1 aromatic rings. The number of carbonyl (C=O) groups is 2. The lowest BCUT2D eigenvalue weighted by Gasteiger charge is -2.14. The second kappa shape index (κ2) is 7.30. The van der Waals surface area contributed by atoms with Gasteiger partial charge in [0, 0.05) is 12.4 Å². The Morgan fingerprint density at radius 1 is 1.53 bits per heavy atom. The molecule has 0 aliphatic carbocycles. The number of carboxylic acid groups (broad SMARTS) is 1. The number of hydrogen-bond acceptors (Lipinski definition) is 4. The smallest absolute Gasteiger partial charge is 0.347 e. The molecule has 0 saturated carbocycles. The fourth-order valence-corrected chi connectivity index (χ4v) is 1.57. The Balaban J connectivity index is 2.60. The number of nitrogens with zero attached hydrogens (tertiary/aromatic N) is 2. The van der Waals surface area contributed by atoms with E-state index in [-0.39, 0.29) is 6.54 Å². The van der Waals surface area contributed by atoms with Gasteiger partial charge in [0.05, 0.1) is 0 Å². The van der Waals surface area contributed by atoms with E-state index < -0.39 is 23.6 Å². The molecule has 1 unspecified atom stereocenters. The van der Waals surface area contributed by atoms with E-state index in [0.29, 0.717) is 12.8 Å². The van der Waals surface area contributed by atoms with E-state index in [9.17, 15) is 14.4 Å². The van der Waals surface area contributed by atoms with Crippen molar-refractivity contribution in [3.8, 4) is 0 Å². The van der Waals surface area contributed by atoms with Crippen LogP contribution >= 0.6 is 0 Å². The van der Waals surface area contributed by atoms with Crippen LogP contribution in [0.25, 0.3) is 0 Å². The highest BCUT2D eigenvalue weighted by atomic mass is 16.4. The van der Waals surface area contributed by atoms with Gasteiger partial charge in [-0.1, -0.05) is 19.8 Å². The summed E-state index contributed by atoms with van der Waals surface area (Å²) < 4.78 is 1.12. The van der Waals surface area contributed by atoms with Gasteiger partial charge in [-0.2, -0.15) is 0 Å². The second-order valence-corrected chi connectivity index (χ2v) is 4.13. The largest absolute Gasteiger partial charge is 0.480 e. The van der Waals surface area contributed by atoms with E-state index >= 15 is 0 Å². The molecule has 19 heavy (non-hydrogen) atoms. The fourth-order valence-electron chi connectivity index (χ4n) is 1.57. The maximum absolute atomic E-state index is 11.7. The Morgan fingerprint density at radius 3 is 2.84 bits per heavy atom. The minimum absolute atomic E-state index is 0.234. The molecule has 0 bridgehead atoms. The monoisotopic (exact) mass is 267 g/mol. The summed E-state index contributed by atoms with van der Waals surface area (Å²) in [5, 5.41) is 11.4. The Labute approximate surface area is 110 Å². The highest BCUT2D eigenvalue weighted by Gasteiger charge is 2.19. The molecule has 1 heterocycles. The number of nitrogens with one attached hydrogen (secondary N) is 1. The van der Waals surface area contributed by atoms with Crippen molar-refractivity contribution in [1.29, 1.82) is 0 Å². The van der Waals surface area contributed by atoms with Gasteiger partial charge in [0.2, 0.25) is 5.91 Å². The number of carbonyl (C=O) groups excluding carboxylic acids is 1. The van der Waals surface area contributed by atoms with E-state index in [4.69, 9.17) is 5.11 Å². The molecule has 7 nitrogen and oxygen atoms in total. The third-order valence-corrected chi connectivity index (χ3v) is 2.58. The normalized spacial score (nSPS) is 11.8. The first kappa shape index (κ1) is 14.9. The summed E-state index contributed by atoms with van der Waals surface area (Å²) in [4.78, 5) is 37.5. The van der Waals surface area contributed by atoms with Crippen molar-refractivity contribution in [2.24, 2.45) is 0 Å². The topological polar surface area (TPSA) is 101 Å². The fraction of sp³-hybridized carbons (Fsp3) is 0.500. The molecular formula is C12H17N3O4. The van der Waals surface area contributed by atoms with Gasteiger partial charge in [-0.15, -0.1) is 0 Å². The van der Waals surface area contributed by atoms with Gasteiger partial charge in [-0.05, 0) is 12.5 Å². The summed E-state index contributed by atoms with van der Waals surface area (Å²) in [6.07, 6.45) is 4.69. The Hall–Kier alpha value is -2.18. The van der Waals surface area contributed by atoms with Crippen LogP contribution in [0.4, 0.5) is 0 Å². The van der Waals surface area contributed by atoms with E-state index in [1.54, 1.807) is 0 Å². The van der Waals surface area contributed by atoms with Gasteiger partial charge in [0.1, 0.15) is 12.6 Å². The molecule has 104 valence electrons. The Morgan fingerprint density at radius 2 is 2.26 bits per heavy atom. The van der Waals surface area contributed by atoms with Crippen LogP contribution in [-0.2, 0) is 16.1 Å². The highest BCUT2D eigenvalue weighted by Crippen LogP contribution is 2.01. The summed E-state index contributed by atoms with van der Waals surface area (Å²) in [6.45, 7) is 1.71. The van der Waals surface area contributed by atoms with Crippen LogP contribution in [0.2, 0.25) is 0 Å². The van der Waals surface area contributed by atoms with Gasteiger partial charge >= 0.3 is 11.7 Å². The lowest BCUT2D eigenvalue weighted by Crippen LogP contribution is -2.43. The summed E-state index contributed by atoms with van der Waals surface area (Å²) in [5.41, 5.74) is -0.543. The van der Waals surface area contributed by atoms with Crippen molar-refractivity contribution in [3.05, 3.63) is 28.9 Å². The first-order valence-corrected chi connectivity index (χ1v) is 6.08. The number of aromatic nitrogens is 2. The second-order valence-electron chi connectivity index (χ2n) is 4.13. The van der Waals surface area contributed by atoms with Gasteiger partial charge in [0.15, 0.2) is 0 Å². The molecule has 1 aromatic heterocycles. The molecule has 1 atom stereocenters. The lowest BCUT2D eigenvalue weighted by molar-refractivity contribution is -0.142. The maximum Gasteiger partial charge on any atom is 0.347 e. The van der Waals surface area contributed by atoms with Crippen LogP contribution in [0.5, 0.6) is 0 Å². The van der Waals surface area contributed by atoms with Gasteiger partial charge in [-0.3, -0.25) is 9.36 Å². The van der Waals surface area contributed by atoms with Crippen molar-refractivity contribution in [3.63, 3.8) is 0 Å². The number of rotatable bonds is 7. The highest BCUT2D eigenvalue weighted by molar-refractivity contribution is 5.83.